The van der Waals surface area contributed by atoms with E-state index < -0.39 is 0 Å². The van der Waals surface area contributed by atoms with Crippen LogP contribution in [0.15, 0.2) is 42.7 Å². The van der Waals surface area contributed by atoms with Crippen LogP contribution in [0.4, 0.5) is 4.79 Å². The van der Waals surface area contributed by atoms with Gasteiger partial charge < -0.3 is 19.1 Å². The predicted molar refractivity (Wildman–Crippen MR) is 127 cm³/mol. The van der Waals surface area contributed by atoms with Gasteiger partial charge >= 0.3 is 6.09 Å². The summed E-state index contributed by atoms with van der Waals surface area (Å²) in [5.74, 6) is 2.12. The average molecular weight is 450 g/mol. The van der Waals surface area contributed by atoms with Gasteiger partial charge in [0.2, 0.25) is 0 Å². The number of carbonyl (C=O) groups excluding carboxylic acids is 1. The summed E-state index contributed by atoms with van der Waals surface area (Å²) >= 11 is 0. The molecule has 7 heteroatoms. The summed E-state index contributed by atoms with van der Waals surface area (Å²) in [5, 5.41) is 0.958. The molecule has 1 aromatic heterocycles. The van der Waals surface area contributed by atoms with Crippen molar-refractivity contribution in [1.82, 2.24) is 14.9 Å². The third-order valence-corrected chi connectivity index (χ3v) is 6.26. The van der Waals surface area contributed by atoms with Gasteiger partial charge in [0.05, 0.1) is 25.4 Å². The van der Waals surface area contributed by atoms with Crippen molar-refractivity contribution in [2.45, 2.75) is 44.9 Å². The second kappa shape index (κ2) is 10.5. The van der Waals surface area contributed by atoms with Gasteiger partial charge in [-0.05, 0) is 49.4 Å². The monoisotopic (exact) mass is 449 g/mol. The lowest BCUT2D eigenvalue weighted by Crippen LogP contribution is -2.39. The van der Waals surface area contributed by atoms with Crippen molar-refractivity contribution in [1.29, 1.82) is 0 Å². The normalized spacial score (nSPS) is 14.3. The number of methoxy groups -OCH3 is 2. The number of ether oxygens (including phenoxy) is 3. The quantitative estimate of drug-likeness (QED) is 0.483. The number of amides is 1. The highest BCUT2D eigenvalue weighted by atomic mass is 16.6. The lowest BCUT2D eigenvalue weighted by Gasteiger charge is -2.31. The maximum atomic E-state index is 12.7. The van der Waals surface area contributed by atoms with Crippen LogP contribution in [-0.2, 0) is 6.42 Å². The molecule has 1 aliphatic heterocycles. The molecule has 0 spiro atoms. The van der Waals surface area contributed by atoms with E-state index in [4.69, 9.17) is 14.2 Å². The Morgan fingerprint density at radius 3 is 2.39 bits per heavy atom. The molecule has 4 rings (SSSR count). The van der Waals surface area contributed by atoms with Gasteiger partial charge in [-0.15, -0.1) is 0 Å². The second-order valence-electron chi connectivity index (χ2n) is 8.36. The molecule has 1 aliphatic rings. The zero-order valence-corrected chi connectivity index (χ0v) is 19.5. The van der Waals surface area contributed by atoms with Crippen LogP contribution < -0.4 is 14.2 Å². The molecule has 0 N–H and O–H groups in total. The SMILES string of the molecule is CCCCc1ccc(OC(=O)N2CCC(c3ncnc4cc(OC)c(OC)cc34)CC2)cc1. The van der Waals surface area contributed by atoms with Crippen molar-refractivity contribution in [3.05, 3.63) is 54.0 Å². The molecule has 1 amide bonds. The number of hydrogen-bond acceptors (Lipinski definition) is 6. The molecule has 0 atom stereocenters. The summed E-state index contributed by atoms with van der Waals surface area (Å²) in [6.07, 6.45) is 6.30. The summed E-state index contributed by atoms with van der Waals surface area (Å²) in [6.45, 7) is 3.42. The van der Waals surface area contributed by atoms with Crippen LogP contribution in [0.3, 0.4) is 0 Å². The van der Waals surface area contributed by atoms with Crippen LogP contribution in [0.1, 0.15) is 49.8 Å². The fraction of sp³-hybridized carbons (Fsp3) is 0.423. The van der Waals surface area contributed by atoms with Crippen molar-refractivity contribution in [2.24, 2.45) is 0 Å². The highest BCUT2D eigenvalue weighted by Gasteiger charge is 2.27. The first-order valence-corrected chi connectivity index (χ1v) is 11.5. The standard InChI is InChI=1S/C26H31N3O4/c1-4-5-6-18-7-9-20(10-8-18)33-26(30)29-13-11-19(12-14-29)25-21-15-23(31-2)24(32-3)16-22(21)27-17-28-25/h7-10,15-17,19H,4-6,11-14H2,1-3H3. The van der Waals surface area contributed by atoms with E-state index in [0.717, 1.165) is 42.3 Å². The third kappa shape index (κ3) is 5.18. The smallest absolute Gasteiger partial charge is 0.415 e. The molecule has 7 nitrogen and oxygen atoms in total. The molecule has 2 heterocycles. The van der Waals surface area contributed by atoms with Crippen LogP contribution in [-0.4, -0.2) is 48.3 Å². The van der Waals surface area contributed by atoms with E-state index in [1.807, 2.05) is 36.4 Å². The van der Waals surface area contributed by atoms with E-state index in [1.54, 1.807) is 25.4 Å². The molecule has 1 saturated heterocycles. The summed E-state index contributed by atoms with van der Waals surface area (Å²) < 4.78 is 16.5. The molecular weight excluding hydrogens is 418 g/mol. The van der Waals surface area contributed by atoms with Crippen molar-refractivity contribution < 1.29 is 19.0 Å². The first-order chi connectivity index (χ1) is 16.1. The van der Waals surface area contributed by atoms with Gasteiger partial charge in [0, 0.05) is 30.5 Å². The maximum absolute atomic E-state index is 12.7. The Kier molecular flexibility index (Phi) is 7.27. The number of hydrogen-bond donors (Lipinski definition) is 0. The third-order valence-electron chi connectivity index (χ3n) is 6.26. The highest BCUT2D eigenvalue weighted by Crippen LogP contribution is 2.36. The Hall–Kier alpha value is -3.35. The Bertz CT molecular complexity index is 1090. The number of carbonyl (C=O) groups is 1. The number of unbranched alkanes of at least 4 members (excludes halogenated alkanes) is 1. The predicted octanol–water partition coefficient (Wildman–Crippen LogP) is 5.37. The van der Waals surface area contributed by atoms with Gasteiger partial charge in [-0.25, -0.2) is 14.8 Å². The Morgan fingerprint density at radius 2 is 1.73 bits per heavy atom. The van der Waals surface area contributed by atoms with Gasteiger partial charge in [-0.2, -0.15) is 0 Å². The largest absolute Gasteiger partial charge is 0.493 e. The molecule has 3 aromatic rings. The molecule has 0 radical (unpaired) electrons. The minimum Gasteiger partial charge on any atom is -0.493 e. The van der Waals surface area contributed by atoms with Gasteiger partial charge in [0.1, 0.15) is 12.1 Å². The molecule has 2 aromatic carbocycles. The Morgan fingerprint density at radius 1 is 1.03 bits per heavy atom. The van der Waals surface area contributed by atoms with Crippen LogP contribution in [0, 0.1) is 0 Å². The first-order valence-electron chi connectivity index (χ1n) is 11.5. The summed E-state index contributed by atoms with van der Waals surface area (Å²) in [6, 6.07) is 11.6. The van der Waals surface area contributed by atoms with E-state index in [9.17, 15) is 4.79 Å². The highest BCUT2D eigenvalue weighted by molar-refractivity contribution is 5.85. The van der Waals surface area contributed by atoms with E-state index >= 15 is 0 Å². The number of nitrogens with zero attached hydrogens (tertiary/aromatic N) is 3. The minimum atomic E-state index is -0.297. The Balaban J connectivity index is 1.40. The van der Waals surface area contributed by atoms with Gasteiger partial charge in [-0.1, -0.05) is 25.5 Å². The molecular formula is C26H31N3O4. The van der Waals surface area contributed by atoms with Crippen molar-refractivity contribution in [3.63, 3.8) is 0 Å². The van der Waals surface area contributed by atoms with Crippen molar-refractivity contribution in [3.8, 4) is 17.2 Å². The minimum absolute atomic E-state index is 0.232. The topological polar surface area (TPSA) is 73.8 Å². The summed E-state index contributed by atoms with van der Waals surface area (Å²) in [7, 11) is 3.23. The lowest BCUT2D eigenvalue weighted by molar-refractivity contribution is 0.138. The second-order valence-corrected chi connectivity index (χ2v) is 8.36. The molecule has 0 unspecified atom stereocenters. The lowest BCUT2D eigenvalue weighted by atomic mass is 9.91. The van der Waals surface area contributed by atoms with Crippen LogP contribution in [0.2, 0.25) is 0 Å². The van der Waals surface area contributed by atoms with E-state index in [1.165, 1.54) is 12.0 Å². The van der Waals surface area contributed by atoms with E-state index in [-0.39, 0.29) is 12.0 Å². The number of piperidine rings is 1. The fourth-order valence-electron chi connectivity index (χ4n) is 4.33. The number of likely N-dealkylation sites (tertiary alicyclic amines) is 1. The summed E-state index contributed by atoms with van der Waals surface area (Å²) in [4.78, 5) is 23.4. The van der Waals surface area contributed by atoms with Gasteiger partial charge in [0.25, 0.3) is 0 Å². The van der Waals surface area contributed by atoms with E-state index in [2.05, 4.69) is 16.9 Å². The molecule has 174 valence electrons. The Labute approximate surface area is 194 Å². The van der Waals surface area contributed by atoms with Crippen LogP contribution in [0.25, 0.3) is 10.9 Å². The van der Waals surface area contributed by atoms with Crippen molar-refractivity contribution in [2.75, 3.05) is 27.3 Å². The first kappa shape index (κ1) is 22.8. The number of fused-ring (bicyclic) bond motifs is 1. The van der Waals surface area contributed by atoms with Crippen molar-refractivity contribution >= 4 is 17.0 Å². The fourth-order valence-corrected chi connectivity index (χ4v) is 4.33. The van der Waals surface area contributed by atoms with E-state index in [0.29, 0.717) is 30.3 Å². The maximum Gasteiger partial charge on any atom is 0.415 e. The zero-order chi connectivity index (χ0) is 23.2. The number of rotatable bonds is 7. The molecule has 33 heavy (non-hydrogen) atoms. The molecule has 0 aliphatic carbocycles. The number of aromatic nitrogens is 2. The molecule has 0 bridgehead atoms. The molecule has 1 fully saturated rings. The summed E-state index contributed by atoms with van der Waals surface area (Å²) in [5.41, 5.74) is 3.07. The zero-order valence-electron chi connectivity index (χ0n) is 19.5. The molecule has 0 saturated carbocycles. The van der Waals surface area contributed by atoms with Crippen LogP contribution in [0.5, 0.6) is 17.2 Å². The number of benzene rings is 2. The number of aryl methyl sites for hydroxylation is 1. The van der Waals surface area contributed by atoms with Gasteiger partial charge in [0.15, 0.2) is 11.5 Å². The van der Waals surface area contributed by atoms with Crippen LogP contribution >= 0.6 is 0 Å². The average Bonchev–Trinajstić information content (AvgIpc) is 2.87. The van der Waals surface area contributed by atoms with Gasteiger partial charge in [-0.3, -0.25) is 0 Å².